The molecule has 0 aliphatic heterocycles. The van der Waals surface area contributed by atoms with Crippen LogP contribution in [0, 0.1) is 0 Å². The molecule has 1 atom stereocenters. The molecular weight excluding hydrogens is 95.5 g/mol. The van der Waals surface area contributed by atoms with E-state index in [1.807, 2.05) is 26.0 Å². The van der Waals surface area contributed by atoms with E-state index in [0.29, 0.717) is 0 Å². The molecule has 0 heterocycles. The van der Waals surface area contributed by atoms with Crippen LogP contribution in [0.15, 0.2) is 12.2 Å². The van der Waals surface area contributed by atoms with Gasteiger partial charge in [0.25, 0.3) is 0 Å². The number of halogens is 1. The van der Waals surface area contributed by atoms with E-state index in [9.17, 15) is 0 Å². The van der Waals surface area contributed by atoms with Gasteiger partial charge >= 0.3 is 0 Å². The molecule has 0 aliphatic carbocycles. The maximum atomic E-state index is 5.49. The minimum Gasteiger partial charge on any atom is -0.119 e. The van der Waals surface area contributed by atoms with Gasteiger partial charge in [0.05, 0.1) is 0 Å². The van der Waals surface area contributed by atoms with Gasteiger partial charge in [0.1, 0.15) is 0 Å². The topological polar surface area (TPSA) is 0 Å². The summed E-state index contributed by atoms with van der Waals surface area (Å²) in [6, 6.07) is 0. The first-order chi connectivity index (χ1) is 2.77. The fourth-order valence-electron chi connectivity index (χ4n) is 0.265. The zero-order valence-electron chi connectivity index (χ0n) is 4.11. The van der Waals surface area contributed by atoms with Gasteiger partial charge in [0.2, 0.25) is 0 Å². The van der Waals surface area contributed by atoms with Gasteiger partial charge in [-0.1, -0.05) is 12.2 Å². The standard InChI is InChI=1S/C5H9Cl/c1-3-4-5(2)6/h3-5H,1-2H3/b4-3+. The fraction of sp³-hybridized carbons (Fsp3) is 0.600. The van der Waals surface area contributed by atoms with Crippen molar-refractivity contribution in [2.75, 3.05) is 0 Å². The van der Waals surface area contributed by atoms with E-state index in [0.717, 1.165) is 0 Å². The maximum absolute atomic E-state index is 5.49. The summed E-state index contributed by atoms with van der Waals surface area (Å²) >= 11 is 5.49. The van der Waals surface area contributed by atoms with E-state index in [2.05, 4.69) is 0 Å². The highest BCUT2D eigenvalue weighted by Crippen LogP contribution is 1.92. The van der Waals surface area contributed by atoms with Crippen LogP contribution in [0.3, 0.4) is 0 Å². The lowest BCUT2D eigenvalue weighted by Crippen LogP contribution is -1.77. The molecular formula is C5H9Cl. The zero-order chi connectivity index (χ0) is 4.99. The molecule has 1 unspecified atom stereocenters. The first-order valence-electron chi connectivity index (χ1n) is 2.04. The lowest BCUT2D eigenvalue weighted by atomic mass is 10.4. The third-order valence-corrected chi connectivity index (χ3v) is 0.603. The van der Waals surface area contributed by atoms with Crippen molar-refractivity contribution in [2.45, 2.75) is 19.2 Å². The molecule has 0 N–H and O–H groups in total. The summed E-state index contributed by atoms with van der Waals surface area (Å²) in [5.41, 5.74) is 0. The normalized spacial score (nSPS) is 15.8. The molecule has 0 nitrogen and oxygen atoms in total. The summed E-state index contributed by atoms with van der Waals surface area (Å²) in [5.74, 6) is 0. The Labute approximate surface area is 43.8 Å². The van der Waals surface area contributed by atoms with Crippen molar-refractivity contribution in [3.8, 4) is 0 Å². The SMILES string of the molecule is C/C=C/C(C)Cl. The van der Waals surface area contributed by atoms with Crippen LogP contribution in [-0.2, 0) is 0 Å². The van der Waals surface area contributed by atoms with Crippen LogP contribution in [0.2, 0.25) is 0 Å². The van der Waals surface area contributed by atoms with E-state index < -0.39 is 0 Å². The molecule has 0 bridgehead atoms. The first-order valence-corrected chi connectivity index (χ1v) is 2.48. The molecule has 1 heteroatoms. The first kappa shape index (κ1) is 6.03. The van der Waals surface area contributed by atoms with Crippen molar-refractivity contribution < 1.29 is 0 Å². The predicted molar refractivity (Wildman–Crippen MR) is 30.1 cm³/mol. The van der Waals surface area contributed by atoms with Crippen molar-refractivity contribution in [3.05, 3.63) is 12.2 Å². The molecule has 0 aromatic heterocycles. The summed E-state index contributed by atoms with van der Waals surface area (Å²) in [6.45, 7) is 3.89. The average molecular weight is 105 g/mol. The van der Waals surface area contributed by atoms with E-state index in [1.54, 1.807) is 0 Å². The Morgan fingerprint density at radius 3 is 2.17 bits per heavy atom. The third kappa shape index (κ3) is 4.03. The largest absolute Gasteiger partial charge is 0.119 e. The smallest absolute Gasteiger partial charge is 0.0487 e. The Morgan fingerprint density at radius 1 is 1.67 bits per heavy atom. The van der Waals surface area contributed by atoms with E-state index in [-0.39, 0.29) is 5.38 Å². The summed E-state index contributed by atoms with van der Waals surface area (Å²) < 4.78 is 0. The zero-order valence-corrected chi connectivity index (χ0v) is 4.87. The molecule has 36 valence electrons. The number of allylic oxidation sites excluding steroid dienone is 2. The highest BCUT2D eigenvalue weighted by Gasteiger charge is 1.79. The number of hydrogen-bond acceptors (Lipinski definition) is 0. The molecule has 0 aliphatic rings. The molecule has 0 rings (SSSR count). The maximum Gasteiger partial charge on any atom is 0.0487 e. The summed E-state index contributed by atoms with van der Waals surface area (Å²) in [5, 5.41) is 0.190. The average Bonchev–Trinajstić information content (AvgIpc) is 1.35. The Bertz CT molecular complexity index is 45.9. The molecule has 0 saturated carbocycles. The van der Waals surface area contributed by atoms with Gasteiger partial charge in [0, 0.05) is 5.38 Å². The van der Waals surface area contributed by atoms with Crippen LogP contribution in [0.5, 0.6) is 0 Å². The summed E-state index contributed by atoms with van der Waals surface area (Å²) in [7, 11) is 0. The van der Waals surface area contributed by atoms with Crippen LogP contribution in [-0.4, -0.2) is 5.38 Å². The highest BCUT2D eigenvalue weighted by atomic mass is 35.5. The van der Waals surface area contributed by atoms with E-state index in [1.165, 1.54) is 0 Å². The van der Waals surface area contributed by atoms with Gasteiger partial charge in [-0.05, 0) is 13.8 Å². The van der Waals surface area contributed by atoms with E-state index >= 15 is 0 Å². The molecule has 0 spiro atoms. The minimum absolute atomic E-state index is 0.190. The molecule has 6 heavy (non-hydrogen) atoms. The van der Waals surface area contributed by atoms with Crippen LogP contribution in [0.25, 0.3) is 0 Å². The molecule has 0 aromatic rings. The molecule has 0 aromatic carbocycles. The Balaban J connectivity index is 3.03. The Morgan fingerprint density at radius 2 is 2.17 bits per heavy atom. The van der Waals surface area contributed by atoms with Crippen molar-refractivity contribution in [2.24, 2.45) is 0 Å². The second kappa shape index (κ2) is 3.23. The molecule has 0 radical (unpaired) electrons. The van der Waals surface area contributed by atoms with Crippen LogP contribution in [0.1, 0.15) is 13.8 Å². The second-order valence-electron chi connectivity index (χ2n) is 1.20. The van der Waals surface area contributed by atoms with Crippen molar-refractivity contribution in [3.63, 3.8) is 0 Å². The lowest BCUT2D eigenvalue weighted by molar-refractivity contribution is 1.22. The minimum atomic E-state index is 0.190. The van der Waals surface area contributed by atoms with Gasteiger partial charge in [-0.15, -0.1) is 11.6 Å². The summed E-state index contributed by atoms with van der Waals surface area (Å²) in [6.07, 6.45) is 3.87. The lowest BCUT2D eigenvalue weighted by Gasteiger charge is -1.84. The molecule has 0 amide bonds. The van der Waals surface area contributed by atoms with Gasteiger partial charge in [-0.2, -0.15) is 0 Å². The fourth-order valence-corrected chi connectivity index (χ4v) is 0.411. The summed E-state index contributed by atoms with van der Waals surface area (Å²) in [4.78, 5) is 0. The highest BCUT2D eigenvalue weighted by molar-refractivity contribution is 6.21. The number of alkyl halides is 1. The van der Waals surface area contributed by atoms with Crippen LogP contribution < -0.4 is 0 Å². The molecule has 0 fully saturated rings. The van der Waals surface area contributed by atoms with Gasteiger partial charge in [-0.25, -0.2) is 0 Å². The van der Waals surface area contributed by atoms with Gasteiger partial charge in [0.15, 0.2) is 0 Å². The number of rotatable bonds is 1. The van der Waals surface area contributed by atoms with Gasteiger partial charge < -0.3 is 0 Å². The van der Waals surface area contributed by atoms with E-state index in [4.69, 9.17) is 11.6 Å². The Kier molecular flexibility index (Phi) is 3.24. The quantitative estimate of drug-likeness (QED) is 0.353. The predicted octanol–water partition coefficient (Wildman–Crippen LogP) is 2.19. The third-order valence-electron chi connectivity index (χ3n) is 0.458. The van der Waals surface area contributed by atoms with Crippen molar-refractivity contribution in [1.82, 2.24) is 0 Å². The van der Waals surface area contributed by atoms with Crippen LogP contribution >= 0.6 is 11.6 Å². The van der Waals surface area contributed by atoms with Crippen molar-refractivity contribution >= 4 is 11.6 Å². The van der Waals surface area contributed by atoms with Crippen LogP contribution in [0.4, 0.5) is 0 Å². The van der Waals surface area contributed by atoms with Crippen molar-refractivity contribution in [1.29, 1.82) is 0 Å². The molecule has 0 saturated heterocycles. The monoisotopic (exact) mass is 104 g/mol. The van der Waals surface area contributed by atoms with Gasteiger partial charge in [-0.3, -0.25) is 0 Å². The number of hydrogen-bond donors (Lipinski definition) is 0. The second-order valence-corrected chi connectivity index (χ2v) is 1.89. The Hall–Kier alpha value is 0.0300.